The van der Waals surface area contributed by atoms with Crippen LogP contribution in [0.5, 0.6) is 11.5 Å². The van der Waals surface area contributed by atoms with Gasteiger partial charge in [-0.1, -0.05) is 24.3 Å². The van der Waals surface area contributed by atoms with Crippen LogP contribution in [0.1, 0.15) is 27.7 Å². The van der Waals surface area contributed by atoms with Gasteiger partial charge in [0.15, 0.2) is 0 Å². The molecule has 0 fully saturated rings. The molecule has 2 heterocycles. The predicted molar refractivity (Wildman–Crippen MR) is 103 cm³/mol. The first-order chi connectivity index (χ1) is 13.6. The van der Waals surface area contributed by atoms with Crippen LogP contribution in [0.2, 0.25) is 0 Å². The van der Waals surface area contributed by atoms with E-state index >= 15 is 0 Å². The molecule has 0 saturated carbocycles. The van der Waals surface area contributed by atoms with Crippen molar-refractivity contribution in [3.8, 4) is 22.8 Å². The molecule has 4 rings (SSSR count). The molecule has 2 N–H and O–H groups in total. The van der Waals surface area contributed by atoms with Crippen molar-refractivity contribution in [2.24, 2.45) is 0 Å². The van der Waals surface area contributed by atoms with Crippen molar-refractivity contribution in [2.45, 2.75) is 6.04 Å². The number of aromatic amines is 1. The van der Waals surface area contributed by atoms with Gasteiger partial charge in [-0.15, -0.1) is 0 Å². The molecule has 28 heavy (non-hydrogen) atoms. The highest BCUT2D eigenvalue weighted by Crippen LogP contribution is 2.43. The molecule has 7 nitrogen and oxygen atoms in total. The van der Waals surface area contributed by atoms with Gasteiger partial charge in [0.05, 0.1) is 25.5 Å². The molecule has 0 unspecified atom stereocenters. The zero-order chi connectivity index (χ0) is 19.7. The van der Waals surface area contributed by atoms with E-state index < -0.39 is 0 Å². The Kier molecular flexibility index (Phi) is 4.75. The molecule has 1 aliphatic rings. The third kappa shape index (κ3) is 2.99. The fraction of sp³-hybridized carbons (Fsp3) is 0.238. The maximum absolute atomic E-state index is 13.0. The van der Waals surface area contributed by atoms with Gasteiger partial charge in [0.25, 0.3) is 5.91 Å². The van der Waals surface area contributed by atoms with Gasteiger partial charge in [-0.25, -0.2) is 0 Å². The summed E-state index contributed by atoms with van der Waals surface area (Å²) >= 11 is 0. The standard InChI is InChI=1S/C21H21N3O4/c1-27-11-10-24-20(13-6-8-15(25)9-7-13)17-18(22-23-19(17)21(24)26)14-4-3-5-16(12-14)28-2/h3-9,12,20,25H,10-11H2,1-2H3,(H,22,23)/t20-/m1/s1. The predicted octanol–water partition coefficient (Wildman–Crippen LogP) is 2.98. The molecule has 1 atom stereocenters. The number of nitrogens with one attached hydrogen (secondary N) is 1. The van der Waals surface area contributed by atoms with Gasteiger partial charge < -0.3 is 19.5 Å². The summed E-state index contributed by atoms with van der Waals surface area (Å²) in [5.41, 5.74) is 3.76. The first-order valence-corrected chi connectivity index (χ1v) is 8.95. The molecule has 7 heteroatoms. The van der Waals surface area contributed by atoms with Crippen LogP contribution in [0.4, 0.5) is 0 Å². The molecule has 1 amide bonds. The Labute approximate surface area is 162 Å². The summed E-state index contributed by atoms with van der Waals surface area (Å²) in [7, 11) is 3.22. The molecule has 0 radical (unpaired) electrons. The van der Waals surface area contributed by atoms with Crippen LogP contribution in [0.25, 0.3) is 11.3 Å². The molecule has 0 saturated heterocycles. The Balaban J connectivity index is 1.85. The lowest BCUT2D eigenvalue weighted by atomic mass is 9.96. The number of hydrogen-bond acceptors (Lipinski definition) is 5. The van der Waals surface area contributed by atoms with Crippen molar-refractivity contribution in [3.63, 3.8) is 0 Å². The lowest BCUT2D eigenvalue weighted by Crippen LogP contribution is -2.32. The van der Waals surface area contributed by atoms with Gasteiger partial charge in [-0.3, -0.25) is 9.89 Å². The molecule has 1 aliphatic heterocycles. The lowest BCUT2D eigenvalue weighted by Gasteiger charge is -2.26. The molecule has 0 spiro atoms. The van der Waals surface area contributed by atoms with Crippen LogP contribution < -0.4 is 4.74 Å². The van der Waals surface area contributed by atoms with Crippen molar-refractivity contribution in [1.82, 2.24) is 15.1 Å². The quantitative estimate of drug-likeness (QED) is 0.687. The molecule has 3 aromatic rings. The minimum Gasteiger partial charge on any atom is -0.508 e. The lowest BCUT2D eigenvalue weighted by molar-refractivity contribution is 0.0677. The average Bonchev–Trinajstić information content (AvgIpc) is 3.26. The van der Waals surface area contributed by atoms with Gasteiger partial charge in [0.2, 0.25) is 0 Å². The van der Waals surface area contributed by atoms with Crippen molar-refractivity contribution in [2.75, 3.05) is 27.4 Å². The van der Waals surface area contributed by atoms with Crippen molar-refractivity contribution >= 4 is 5.91 Å². The molecule has 0 bridgehead atoms. The molecule has 0 aliphatic carbocycles. The highest BCUT2D eigenvalue weighted by atomic mass is 16.5. The van der Waals surface area contributed by atoms with E-state index in [9.17, 15) is 9.90 Å². The SMILES string of the molecule is COCCN1C(=O)c2[nH]nc(-c3cccc(OC)c3)c2[C@H]1c1ccc(O)cc1. The fourth-order valence-corrected chi connectivity index (χ4v) is 3.61. The van der Waals surface area contributed by atoms with Crippen LogP contribution in [-0.4, -0.2) is 53.5 Å². The normalized spacial score (nSPS) is 15.7. The van der Waals surface area contributed by atoms with Gasteiger partial charge in [0.1, 0.15) is 17.2 Å². The zero-order valence-corrected chi connectivity index (χ0v) is 15.7. The second kappa shape index (κ2) is 7.36. The van der Waals surface area contributed by atoms with Crippen LogP contribution >= 0.6 is 0 Å². The highest BCUT2D eigenvalue weighted by molar-refractivity contribution is 6.00. The van der Waals surface area contributed by atoms with E-state index in [1.807, 2.05) is 36.4 Å². The number of phenols is 1. The van der Waals surface area contributed by atoms with E-state index in [0.717, 1.165) is 22.4 Å². The average molecular weight is 379 g/mol. The number of amides is 1. The number of nitrogens with zero attached hydrogens (tertiary/aromatic N) is 2. The Hall–Kier alpha value is -3.32. The summed E-state index contributed by atoms with van der Waals surface area (Å²) in [6.45, 7) is 0.869. The number of aromatic hydroxyl groups is 1. The largest absolute Gasteiger partial charge is 0.508 e. The van der Waals surface area contributed by atoms with E-state index in [2.05, 4.69) is 10.2 Å². The van der Waals surface area contributed by atoms with Gasteiger partial charge in [-0.2, -0.15) is 5.10 Å². The van der Waals surface area contributed by atoms with E-state index in [0.29, 0.717) is 24.5 Å². The first kappa shape index (κ1) is 18.1. The maximum atomic E-state index is 13.0. The number of phenolic OH excluding ortho intramolecular Hbond substituents is 1. The Morgan fingerprint density at radius 1 is 1.18 bits per heavy atom. The Bertz CT molecular complexity index is 997. The number of fused-ring (bicyclic) bond motifs is 1. The molecular formula is C21H21N3O4. The first-order valence-electron chi connectivity index (χ1n) is 8.95. The molecule has 1 aromatic heterocycles. The minimum atomic E-state index is -0.321. The van der Waals surface area contributed by atoms with Crippen LogP contribution in [0.3, 0.4) is 0 Å². The van der Waals surface area contributed by atoms with Crippen molar-refractivity contribution < 1.29 is 19.4 Å². The van der Waals surface area contributed by atoms with Gasteiger partial charge in [-0.05, 0) is 29.8 Å². The third-order valence-electron chi connectivity index (χ3n) is 4.95. The molecule has 2 aromatic carbocycles. The molecular weight excluding hydrogens is 358 g/mol. The number of methoxy groups -OCH3 is 2. The van der Waals surface area contributed by atoms with Crippen LogP contribution in [0, 0.1) is 0 Å². The maximum Gasteiger partial charge on any atom is 0.273 e. The topological polar surface area (TPSA) is 87.7 Å². The number of carbonyl (C=O) groups excluding carboxylic acids is 1. The fourth-order valence-electron chi connectivity index (χ4n) is 3.61. The van der Waals surface area contributed by atoms with Crippen molar-refractivity contribution in [1.29, 1.82) is 0 Å². The van der Waals surface area contributed by atoms with Crippen LogP contribution in [0.15, 0.2) is 48.5 Å². The summed E-state index contributed by atoms with van der Waals surface area (Å²) in [6, 6.07) is 14.2. The third-order valence-corrected chi connectivity index (χ3v) is 4.95. The number of H-pyrrole nitrogens is 1. The molecule has 144 valence electrons. The summed E-state index contributed by atoms with van der Waals surface area (Å²) in [4.78, 5) is 14.8. The summed E-state index contributed by atoms with van der Waals surface area (Å²) in [5.74, 6) is 0.778. The number of aromatic nitrogens is 2. The highest BCUT2D eigenvalue weighted by Gasteiger charge is 2.41. The van der Waals surface area contributed by atoms with Crippen molar-refractivity contribution in [3.05, 3.63) is 65.4 Å². The minimum absolute atomic E-state index is 0.119. The summed E-state index contributed by atoms with van der Waals surface area (Å²) < 4.78 is 10.5. The summed E-state index contributed by atoms with van der Waals surface area (Å²) in [6.07, 6.45) is 0. The van der Waals surface area contributed by atoms with Gasteiger partial charge >= 0.3 is 0 Å². The Morgan fingerprint density at radius 2 is 1.96 bits per heavy atom. The number of rotatable bonds is 6. The number of carbonyl (C=O) groups is 1. The van der Waals surface area contributed by atoms with E-state index in [1.165, 1.54) is 0 Å². The zero-order valence-electron chi connectivity index (χ0n) is 15.7. The number of ether oxygens (including phenoxy) is 2. The smallest absolute Gasteiger partial charge is 0.273 e. The van der Waals surface area contributed by atoms with Crippen LogP contribution in [-0.2, 0) is 4.74 Å². The second-order valence-corrected chi connectivity index (χ2v) is 6.58. The monoisotopic (exact) mass is 379 g/mol. The second-order valence-electron chi connectivity index (χ2n) is 6.58. The van der Waals surface area contributed by atoms with E-state index in [4.69, 9.17) is 9.47 Å². The van der Waals surface area contributed by atoms with E-state index in [-0.39, 0.29) is 17.7 Å². The summed E-state index contributed by atoms with van der Waals surface area (Å²) in [5, 5.41) is 17.0. The van der Waals surface area contributed by atoms with E-state index in [1.54, 1.807) is 31.3 Å². The number of hydrogen-bond donors (Lipinski definition) is 2. The van der Waals surface area contributed by atoms with Gasteiger partial charge in [0, 0.05) is 24.8 Å². The Morgan fingerprint density at radius 3 is 2.68 bits per heavy atom. The number of benzene rings is 2.